The van der Waals surface area contributed by atoms with E-state index in [1.807, 2.05) is 84.9 Å². The van der Waals surface area contributed by atoms with Gasteiger partial charge in [0.2, 0.25) is 5.88 Å². The first-order valence-electron chi connectivity index (χ1n) is 8.90. The molecule has 0 fully saturated rings. The Hall–Kier alpha value is -2.35. The van der Waals surface area contributed by atoms with E-state index >= 15 is 0 Å². The number of benzene rings is 2. The van der Waals surface area contributed by atoms with Crippen LogP contribution in [0, 0.1) is 6.92 Å². The average molecular weight is 332 g/mol. The third-order valence-corrected chi connectivity index (χ3v) is 2.83. The molecular formula is C22H37NO. The molecule has 0 saturated carbocycles. The summed E-state index contributed by atoms with van der Waals surface area (Å²) in [5.41, 5.74) is 1.13. The molecule has 2 aromatic carbocycles. The van der Waals surface area contributed by atoms with Crippen LogP contribution in [-0.4, -0.2) is 4.98 Å². The van der Waals surface area contributed by atoms with Crippen molar-refractivity contribution in [2.24, 2.45) is 0 Å². The van der Waals surface area contributed by atoms with E-state index in [0.717, 1.165) is 11.3 Å². The molecule has 0 atom stereocenters. The van der Waals surface area contributed by atoms with E-state index < -0.39 is 0 Å². The number of hydrogen-bond donors (Lipinski definition) is 0. The van der Waals surface area contributed by atoms with Crippen molar-refractivity contribution in [1.29, 1.82) is 0 Å². The molecule has 0 aliphatic heterocycles. The van der Waals surface area contributed by atoms with E-state index in [1.165, 1.54) is 10.8 Å². The van der Waals surface area contributed by atoms with E-state index in [9.17, 15) is 0 Å². The van der Waals surface area contributed by atoms with Crippen molar-refractivity contribution in [2.75, 3.05) is 0 Å². The van der Waals surface area contributed by atoms with E-state index in [0.29, 0.717) is 5.88 Å². The standard InChI is InChI=1S/C16H13NO.3C2H6.3H2/c1-12-6-9-16(17-11-12)18-15-8-7-13-4-2-3-5-14(13)10-15;3*1-2;;;/h2-11H,1H3;3*1-2H3;3*1H. The Balaban J connectivity index is -0.000000269. The average Bonchev–Trinajstić information content (AvgIpc) is 2.68. The Bertz CT molecular complexity index is 688. The fourth-order valence-electron chi connectivity index (χ4n) is 1.87. The predicted molar refractivity (Wildman–Crippen MR) is 113 cm³/mol. The van der Waals surface area contributed by atoms with Crippen molar-refractivity contribution in [3.05, 3.63) is 66.4 Å². The molecule has 1 aromatic heterocycles. The number of hydrogen-bond acceptors (Lipinski definition) is 2. The highest BCUT2D eigenvalue weighted by atomic mass is 16.5. The zero-order valence-electron chi connectivity index (χ0n) is 16.1. The first-order chi connectivity index (χ1) is 11.8. The van der Waals surface area contributed by atoms with Crippen LogP contribution in [0.25, 0.3) is 10.8 Å². The van der Waals surface area contributed by atoms with Gasteiger partial charge in [0, 0.05) is 16.5 Å². The van der Waals surface area contributed by atoms with Crippen LogP contribution >= 0.6 is 0 Å². The number of fused-ring (bicyclic) bond motifs is 1. The fraction of sp³-hybridized carbons (Fsp3) is 0.318. The van der Waals surface area contributed by atoms with E-state index in [1.54, 1.807) is 6.20 Å². The van der Waals surface area contributed by atoms with Gasteiger partial charge < -0.3 is 4.74 Å². The molecule has 0 amide bonds. The number of aryl methyl sites for hydroxylation is 1. The molecule has 24 heavy (non-hydrogen) atoms. The highest BCUT2D eigenvalue weighted by Gasteiger charge is 1.99. The lowest BCUT2D eigenvalue weighted by atomic mass is 10.1. The maximum atomic E-state index is 5.73. The van der Waals surface area contributed by atoms with Gasteiger partial charge in [0.15, 0.2) is 0 Å². The van der Waals surface area contributed by atoms with Gasteiger partial charge in [-0.05, 0) is 35.4 Å². The highest BCUT2D eigenvalue weighted by Crippen LogP contribution is 2.24. The van der Waals surface area contributed by atoms with Crippen LogP contribution in [0.15, 0.2) is 60.8 Å². The van der Waals surface area contributed by atoms with Gasteiger partial charge in [0.25, 0.3) is 0 Å². The van der Waals surface area contributed by atoms with Crippen LogP contribution < -0.4 is 4.74 Å². The summed E-state index contributed by atoms with van der Waals surface area (Å²) in [5.74, 6) is 1.43. The maximum absolute atomic E-state index is 5.73. The van der Waals surface area contributed by atoms with E-state index in [4.69, 9.17) is 4.74 Å². The van der Waals surface area contributed by atoms with Gasteiger partial charge in [-0.15, -0.1) is 0 Å². The second-order valence-electron chi connectivity index (χ2n) is 4.28. The Morgan fingerprint density at radius 3 is 1.96 bits per heavy atom. The van der Waals surface area contributed by atoms with Gasteiger partial charge in [-0.3, -0.25) is 0 Å². The summed E-state index contributed by atoms with van der Waals surface area (Å²) < 4.78 is 5.73. The topological polar surface area (TPSA) is 22.1 Å². The second kappa shape index (κ2) is 13.1. The molecule has 0 unspecified atom stereocenters. The Labute approximate surface area is 152 Å². The SMILES string of the molecule is CC.CC.CC.Cc1ccc(Oc2ccc3ccccc3c2)nc1.[HH].[HH].[HH]. The van der Waals surface area contributed by atoms with Crippen LogP contribution in [0.2, 0.25) is 0 Å². The first kappa shape index (κ1) is 21.7. The first-order valence-corrected chi connectivity index (χ1v) is 8.90. The Morgan fingerprint density at radius 2 is 1.38 bits per heavy atom. The molecule has 2 heteroatoms. The Kier molecular flexibility index (Phi) is 11.8. The van der Waals surface area contributed by atoms with Gasteiger partial charge >= 0.3 is 0 Å². The third kappa shape index (κ3) is 6.82. The zero-order chi connectivity index (χ0) is 18.4. The van der Waals surface area contributed by atoms with E-state index in [-0.39, 0.29) is 4.28 Å². The van der Waals surface area contributed by atoms with Crippen LogP contribution in [0.1, 0.15) is 51.4 Å². The molecule has 0 saturated heterocycles. The van der Waals surface area contributed by atoms with Crippen LogP contribution in [0.3, 0.4) is 0 Å². The molecule has 0 spiro atoms. The molecule has 0 aliphatic carbocycles. The number of nitrogens with zero attached hydrogens (tertiary/aromatic N) is 1. The molecule has 0 N–H and O–H groups in total. The van der Waals surface area contributed by atoms with Crippen molar-refractivity contribution >= 4 is 10.8 Å². The maximum Gasteiger partial charge on any atom is 0.219 e. The van der Waals surface area contributed by atoms with E-state index in [2.05, 4.69) is 23.2 Å². The fourth-order valence-corrected chi connectivity index (χ4v) is 1.87. The summed E-state index contributed by atoms with van der Waals surface area (Å²) in [4.78, 5) is 4.23. The van der Waals surface area contributed by atoms with Crippen molar-refractivity contribution in [2.45, 2.75) is 48.5 Å². The minimum absolute atomic E-state index is 0. The van der Waals surface area contributed by atoms with Crippen LogP contribution in [0.4, 0.5) is 0 Å². The molecular weight excluding hydrogens is 294 g/mol. The molecule has 1 heterocycles. The number of ether oxygens (including phenoxy) is 1. The molecule has 0 aliphatic rings. The minimum atomic E-state index is 0. The van der Waals surface area contributed by atoms with Crippen molar-refractivity contribution in [3.63, 3.8) is 0 Å². The lowest BCUT2D eigenvalue weighted by molar-refractivity contribution is 0.463. The number of aromatic nitrogens is 1. The Morgan fingerprint density at radius 1 is 0.750 bits per heavy atom. The normalized spacial score (nSPS) is 8.62. The van der Waals surface area contributed by atoms with Gasteiger partial charge in [-0.25, -0.2) is 4.98 Å². The van der Waals surface area contributed by atoms with Gasteiger partial charge in [0.05, 0.1) is 0 Å². The number of rotatable bonds is 2. The summed E-state index contributed by atoms with van der Waals surface area (Å²) in [6.45, 7) is 14.0. The van der Waals surface area contributed by atoms with Gasteiger partial charge in [-0.2, -0.15) is 0 Å². The molecule has 136 valence electrons. The summed E-state index contributed by atoms with van der Waals surface area (Å²) in [6, 6.07) is 18.1. The van der Waals surface area contributed by atoms with Crippen molar-refractivity contribution in [3.8, 4) is 11.6 Å². The molecule has 0 radical (unpaired) electrons. The largest absolute Gasteiger partial charge is 0.439 e. The zero-order valence-corrected chi connectivity index (χ0v) is 16.1. The quantitative estimate of drug-likeness (QED) is 0.472. The summed E-state index contributed by atoms with van der Waals surface area (Å²) >= 11 is 0. The van der Waals surface area contributed by atoms with Crippen LogP contribution in [0.5, 0.6) is 11.6 Å². The lowest BCUT2D eigenvalue weighted by Gasteiger charge is -2.06. The van der Waals surface area contributed by atoms with Gasteiger partial charge in [0.1, 0.15) is 5.75 Å². The molecule has 2 nitrogen and oxygen atoms in total. The third-order valence-electron chi connectivity index (χ3n) is 2.83. The summed E-state index contributed by atoms with van der Waals surface area (Å²) in [7, 11) is 0. The molecule has 0 bridgehead atoms. The van der Waals surface area contributed by atoms with Crippen molar-refractivity contribution in [1.82, 2.24) is 4.98 Å². The number of pyridine rings is 1. The minimum Gasteiger partial charge on any atom is -0.439 e. The van der Waals surface area contributed by atoms with Gasteiger partial charge in [-0.1, -0.05) is 77.9 Å². The summed E-state index contributed by atoms with van der Waals surface area (Å²) in [6.07, 6.45) is 1.80. The second-order valence-corrected chi connectivity index (χ2v) is 4.28. The molecule has 3 rings (SSSR count). The smallest absolute Gasteiger partial charge is 0.219 e. The summed E-state index contributed by atoms with van der Waals surface area (Å²) in [5, 5.41) is 2.38. The molecule has 3 aromatic rings. The predicted octanol–water partition coefficient (Wildman–Crippen LogP) is 8.15. The lowest BCUT2D eigenvalue weighted by Crippen LogP contribution is -1.87. The van der Waals surface area contributed by atoms with Crippen molar-refractivity contribution < 1.29 is 9.02 Å². The highest BCUT2D eigenvalue weighted by molar-refractivity contribution is 5.83. The monoisotopic (exact) mass is 331 g/mol. The van der Waals surface area contributed by atoms with Crippen LogP contribution in [-0.2, 0) is 0 Å².